The Labute approximate surface area is 159 Å². The van der Waals surface area contributed by atoms with Gasteiger partial charge in [-0.15, -0.1) is 0 Å². The summed E-state index contributed by atoms with van der Waals surface area (Å²) in [7, 11) is 0. The molecule has 0 aliphatic carbocycles. The van der Waals surface area contributed by atoms with Gasteiger partial charge in [0.15, 0.2) is 11.5 Å². The molecule has 3 rings (SSSR count). The second-order valence-electron chi connectivity index (χ2n) is 6.42. The van der Waals surface area contributed by atoms with E-state index in [0.717, 1.165) is 12.8 Å². The molecule has 0 fully saturated rings. The molecule has 1 aliphatic heterocycles. The fourth-order valence-corrected chi connectivity index (χ4v) is 2.99. The number of hydrogen-bond donors (Lipinski definition) is 1. The minimum atomic E-state index is -0.193. The summed E-state index contributed by atoms with van der Waals surface area (Å²) in [6, 6.07) is 15.3. The van der Waals surface area contributed by atoms with E-state index in [1.165, 1.54) is 5.56 Å². The van der Waals surface area contributed by atoms with Crippen LogP contribution in [0.1, 0.15) is 29.3 Å². The standard InChI is InChI=1S/C21H24N2O4/c1-16(24)23(12-5-8-17-6-3-2-4-7-17)13-11-22-21(25)18-9-10-19-20(14-18)27-15-26-19/h2-4,6-7,9-10,14H,5,8,11-13,15H2,1H3,(H,22,25). The van der Waals surface area contributed by atoms with Gasteiger partial charge in [0.25, 0.3) is 5.91 Å². The first-order valence-corrected chi connectivity index (χ1v) is 9.11. The average molecular weight is 368 g/mol. The van der Waals surface area contributed by atoms with Crippen LogP contribution in [-0.2, 0) is 11.2 Å². The van der Waals surface area contributed by atoms with Crippen molar-refractivity contribution in [1.82, 2.24) is 10.2 Å². The van der Waals surface area contributed by atoms with Crippen molar-refractivity contribution in [2.75, 3.05) is 26.4 Å². The van der Waals surface area contributed by atoms with Crippen molar-refractivity contribution >= 4 is 11.8 Å². The molecule has 2 amide bonds. The highest BCUT2D eigenvalue weighted by atomic mass is 16.7. The smallest absolute Gasteiger partial charge is 0.251 e. The summed E-state index contributed by atoms with van der Waals surface area (Å²) in [6.45, 7) is 3.29. The van der Waals surface area contributed by atoms with Gasteiger partial charge in [0, 0.05) is 32.1 Å². The maximum Gasteiger partial charge on any atom is 0.251 e. The van der Waals surface area contributed by atoms with Crippen LogP contribution in [0, 0.1) is 0 Å². The summed E-state index contributed by atoms with van der Waals surface area (Å²) in [4.78, 5) is 25.9. The van der Waals surface area contributed by atoms with Gasteiger partial charge in [-0.05, 0) is 36.6 Å². The van der Waals surface area contributed by atoms with Gasteiger partial charge in [-0.2, -0.15) is 0 Å². The molecule has 0 bridgehead atoms. The molecule has 6 nitrogen and oxygen atoms in total. The Morgan fingerprint density at radius 1 is 1.04 bits per heavy atom. The zero-order chi connectivity index (χ0) is 19.1. The highest BCUT2D eigenvalue weighted by molar-refractivity contribution is 5.94. The molecule has 1 aliphatic rings. The molecule has 2 aromatic carbocycles. The Morgan fingerprint density at radius 3 is 2.59 bits per heavy atom. The van der Waals surface area contributed by atoms with Crippen LogP contribution < -0.4 is 14.8 Å². The number of fused-ring (bicyclic) bond motifs is 1. The lowest BCUT2D eigenvalue weighted by Gasteiger charge is -2.21. The number of nitrogens with one attached hydrogen (secondary N) is 1. The second-order valence-corrected chi connectivity index (χ2v) is 6.42. The molecular formula is C21H24N2O4. The summed E-state index contributed by atoms with van der Waals surface area (Å²) >= 11 is 0. The SMILES string of the molecule is CC(=O)N(CCCc1ccccc1)CCNC(=O)c1ccc2c(c1)OCO2. The van der Waals surface area contributed by atoms with E-state index in [2.05, 4.69) is 17.4 Å². The maximum atomic E-state index is 12.3. The highest BCUT2D eigenvalue weighted by Gasteiger charge is 2.16. The third kappa shape index (κ3) is 5.23. The van der Waals surface area contributed by atoms with Crippen molar-refractivity contribution in [1.29, 1.82) is 0 Å². The van der Waals surface area contributed by atoms with Crippen LogP contribution in [0.5, 0.6) is 11.5 Å². The predicted octanol–water partition coefficient (Wildman–Crippen LogP) is 2.63. The molecule has 6 heteroatoms. The Morgan fingerprint density at radius 2 is 1.81 bits per heavy atom. The molecule has 1 heterocycles. The van der Waals surface area contributed by atoms with Crippen LogP contribution in [0.3, 0.4) is 0 Å². The first kappa shape index (κ1) is 18.8. The molecule has 0 atom stereocenters. The van der Waals surface area contributed by atoms with Crippen molar-refractivity contribution in [2.24, 2.45) is 0 Å². The van der Waals surface area contributed by atoms with Gasteiger partial charge in [0.05, 0.1) is 0 Å². The van der Waals surface area contributed by atoms with Gasteiger partial charge in [-0.3, -0.25) is 9.59 Å². The lowest BCUT2D eigenvalue weighted by Crippen LogP contribution is -2.38. The summed E-state index contributed by atoms with van der Waals surface area (Å²) in [5.74, 6) is 1.04. The summed E-state index contributed by atoms with van der Waals surface area (Å²) in [5, 5.41) is 2.85. The summed E-state index contributed by atoms with van der Waals surface area (Å²) in [5.41, 5.74) is 1.77. The second kappa shape index (κ2) is 9.07. The molecular weight excluding hydrogens is 344 g/mol. The third-order valence-electron chi connectivity index (χ3n) is 4.48. The maximum absolute atomic E-state index is 12.3. The van der Waals surface area contributed by atoms with E-state index < -0.39 is 0 Å². The minimum Gasteiger partial charge on any atom is -0.454 e. The lowest BCUT2D eigenvalue weighted by molar-refractivity contribution is -0.128. The molecule has 1 N–H and O–H groups in total. The van der Waals surface area contributed by atoms with Crippen LogP contribution in [0.15, 0.2) is 48.5 Å². The van der Waals surface area contributed by atoms with Crippen molar-refractivity contribution < 1.29 is 19.1 Å². The van der Waals surface area contributed by atoms with Crippen molar-refractivity contribution in [3.8, 4) is 11.5 Å². The van der Waals surface area contributed by atoms with Crippen molar-refractivity contribution in [3.05, 3.63) is 59.7 Å². The van der Waals surface area contributed by atoms with E-state index >= 15 is 0 Å². The van der Waals surface area contributed by atoms with Gasteiger partial charge in [-0.25, -0.2) is 0 Å². The van der Waals surface area contributed by atoms with Gasteiger partial charge in [0.1, 0.15) is 0 Å². The average Bonchev–Trinajstić information content (AvgIpc) is 3.15. The fraction of sp³-hybridized carbons (Fsp3) is 0.333. The predicted molar refractivity (Wildman–Crippen MR) is 102 cm³/mol. The largest absolute Gasteiger partial charge is 0.454 e. The molecule has 0 unspecified atom stereocenters. The number of carbonyl (C=O) groups excluding carboxylic acids is 2. The number of amides is 2. The molecule has 0 saturated carbocycles. The zero-order valence-corrected chi connectivity index (χ0v) is 15.4. The van der Waals surface area contributed by atoms with Crippen LogP contribution in [-0.4, -0.2) is 43.1 Å². The molecule has 27 heavy (non-hydrogen) atoms. The Kier molecular flexibility index (Phi) is 6.30. The first-order valence-electron chi connectivity index (χ1n) is 9.11. The number of rotatable bonds is 8. The van der Waals surface area contributed by atoms with E-state index in [-0.39, 0.29) is 18.6 Å². The van der Waals surface area contributed by atoms with Gasteiger partial charge in [-0.1, -0.05) is 30.3 Å². The number of benzene rings is 2. The van der Waals surface area contributed by atoms with E-state index in [1.54, 1.807) is 30.0 Å². The molecule has 0 radical (unpaired) electrons. The molecule has 0 saturated heterocycles. The number of ether oxygens (including phenoxy) is 2. The van der Waals surface area contributed by atoms with Gasteiger partial charge < -0.3 is 19.7 Å². The monoisotopic (exact) mass is 368 g/mol. The van der Waals surface area contributed by atoms with Crippen LogP contribution in [0.25, 0.3) is 0 Å². The van der Waals surface area contributed by atoms with Gasteiger partial charge >= 0.3 is 0 Å². The summed E-state index contributed by atoms with van der Waals surface area (Å²) in [6.07, 6.45) is 1.81. The third-order valence-corrected chi connectivity index (χ3v) is 4.48. The van der Waals surface area contributed by atoms with E-state index in [4.69, 9.17) is 9.47 Å². The minimum absolute atomic E-state index is 0.0143. The normalized spacial score (nSPS) is 11.9. The van der Waals surface area contributed by atoms with Crippen molar-refractivity contribution in [2.45, 2.75) is 19.8 Å². The van der Waals surface area contributed by atoms with Crippen LogP contribution >= 0.6 is 0 Å². The Balaban J connectivity index is 1.43. The summed E-state index contributed by atoms with van der Waals surface area (Å²) < 4.78 is 10.5. The fourth-order valence-electron chi connectivity index (χ4n) is 2.99. The van der Waals surface area contributed by atoms with E-state index in [1.807, 2.05) is 18.2 Å². The molecule has 2 aromatic rings. The lowest BCUT2D eigenvalue weighted by atomic mass is 10.1. The molecule has 0 spiro atoms. The van der Waals surface area contributed by atoms with Gasteiger partial charge in [0.2, 0.25) is 12.7 Å². The first-order chi connectivity index (χ1) is 13.1. The van der Waals surface area contributed by atoms with E-state index in [0.29, 0.717) is 36.7 Å². The highest BCUT2D eigenvalue weighted by Crippen LogP contribution is 2.32. The number of hydrogen-bond acceptors (Lipinski definition) is 4. The topological polar surface area (TPSA) is 67.9 Å². The number of aryl methyl sites for hydroxylation is 1. The number of carbonyl (C=O) groups is 2. The van der Waals surface area contributed by atoms with Crippen LogP contribution in [0.4, 0.5) is 0 Å². The Hall–Kier alpha value is -3.02. The quantitative estimate of drug-likeness (QED) is 0.778. The number of nitrogens with zero attached hydrogens (tertiary/aromatic N) is 1. The van der Waals surface area contributed by atoms with Crippen LogP contribution in [0.2, 0.25) is 0 Å². The van der Waals surface area contributed by atoms with Crippen molar-refractivity contribution in [3.63, 3.8) is 0 Å². The zero-order valence-electron chi connectivity index (χ0n) is 15.4. The molecule has 142 valence electrons. The molecule has 0 aromatic heterocycles. The Bertz CT molecular complexity index is 792. The van der Waals surface area contributed by atoms with E-state index in [9.17, 15) is 9.59 Å².